The molecule has 0 saturated heterocycles. The first-order valence-corrected chi connectivity index (χ1v) is 9.40. The Morgan fingerprint density at radius 2 is 0.826 bits per heavy atom. The molecule has 23 heavy (non-hydrogen) atoms. The van der Waals surface area contributed by atoms with Crippen LogP contribution in [0.25, 0.3) is 0 Å². The fraction of sp³-hybridized carbons (Fsp3) is 0.100. The summed E-state index contributed by atoms with van der Waals surface area (Å²) in [6, 6.07) is 33.0. The average molecular weight is 479 g/mol. The van der Waals surface area contributed by atoms with Gasteiger partial charge >= 0.3 is 0 Å². The Morgan fingerprint density at radius 1 is 0.565 bits per heavy atom. The summed E-state index contributed by atoms with van der Waals surface area (Å²) in [5.74, 6) is 0. The monoisotopic (exact) mass is 477 g/mol. The van der Waals surface area contributed by atoms with Crippen LogP contribution in [-0.2, 0) is 22.4 Å². The number of hydrogen-bond donors (Lipinski definition) is 0. The van der Waals surface area contributed by atoms with Crippen molar-refractivity contribution in [3.05, 3.63) is 91.0 Å². The molecule has 123 valence electrons. The van der Waals surface area contributed by atoms with Gasteiger partial charge in [0.1, 0.15) is 23.2 Å². The van der Waals surface area contributed by atoms with Crippen molar-refractivity contribution in [2.45, 2.75) is 6.92 Å². The minimum Gasteiger partial charge on any atom is -1.00 e. The Labute approximate surface area is 166 Å². The van der Waals surface area contributed by atoms with Gasteiger partial charge in [-0.05, 0) is 43.3 Å². The molecule has 0 spiro atoms. The summed E-state index contributed by atoms with van der Waals surface area (Å²) in [6.07, 6.45) is 1.14. The van der Waals surface area contributed by atoms with Crippen molar-refractivity contribution in [1.29, 1.82) is 0 Å². The number of hydrogen-bond acceptors (Lipinski definition) is 0. The summed E-state index contributed by atoms with van der Waals surface area (Å²) < 4.78 is 0. The zero-order valence-corrected chi connectivity index (χ0v) is 17.0. The normalized spacial score (nSPS) is 10.3. The molecule has 3 aromatic carbocycles. The predicted molar refractivity (Wildman–Crippen MR) is 95.7 cm³/mol. The maximum Gasteiger partial charge on any atom is 0.111 e. The van der Waals surface area contributed by atoms with E-state index in [0.717, 1.165) is 6.16 Å². The molecule has 3 aromatic rings. The first-order chi connectivity index (χ1) is 10.4. The minimum atomic E-state index is -1.53. The van der Waals surface area contributed by atoms with E-state index in [9.17, 15) is 0 Å². The second-order valence-electron chi connectivity index (χ2n) is 5.13. The second-order valence-corrected chi connectivity index (χ2v) is 8.93. The van der Waals surface area contributed by atoms with Crippen LogP contribution in [0, 0.1) is 0 Å². The van der Waals surface area contributed by atoms with Gasteiger partial charge in [-0.1, -0.05) is 54.6 Å². The molecular weight excluding hydrogens is 459 g/mol. The maximum atomic E-state index is 2.32. The van der Waals surface area contributed by atoms with Crippen molar-refractivity contribution in [1.82, 2.24) is 0 Å². The predicted octanol–water partition coefficient (Wildman–Crippen LogP) is 1.00. The molecular formula is C20H20AgBrP. The Kier molecular flexibility index (Phi) is 8.47. The Bertz CT molecular complexity index is 590. The zero-order valence-electron chi connectivity index (χ0n) is 13.0. The van der Waals surface area contributed by atoms with E-state index in [1.54, 1.807) is 0 Å². The summed E-state index contributed by atoms with van der Waals surface area (Å²) in [7, 11) is -1.53. The quantitative estimate of drug-likeness (QED) is 0.388. The van der Waals surface area contributed by atoms with Gasteiger partial charge in [0, 0.05) is 22.4 Å². The molecule has 1 radical (unpaired) electrons. The van der Waals surface area contributed by atoms with Gasteiger partial charge in [0.15, 0.2) is 0 Å². The van der Waals surface area contributed by atoms with E-state index >= 15 is 0 Å². The summed E-state index contributed by atoms with van der Waals surface area (Å²) in [5, 5.41) is 4.39. The molecule has 0 nitrogen and oxygen atoms in total. The van der Waals surface area contributed by atoms with Crippen molar-refractivity contribution < 1.29 is 39.4 Å². The third-order valence-electron chi connectivity index (χ3n) is 4.07. The van der Waals surface area contributed by atoms with Gasteiger partial charge in [-0.3, -0.25) is 0 Å². The Hall–Kier alpha value is -0.690. The molecule has 3 rings (SSSR count). The van der Waals surface area contributed by atoms with Crippen LogP contribution in [0.2, 0.25) is 0 Å². The van der Waals surface area contributed by atoms with Crippen LogP contribution in [0.3, 0.4) is 0 Å². The third-order valence-corrected chi connectivity index (χ3v) is 8.55. The van der Waals surface area contributed by atoms with Crippen molar-refractivity contribution in [3.8, 4) is 0 Å². The molecule has 0 aliphatic heterocycles. The molecule has 3 heteroatoms. The van der Waals surface area contributed by atoms with E-state index in [-0.39, 0.29) is 39.4 Å². The molecule has 0 unspecified atom stereocenters. The topological polar surface area (TPSA) is 0 Å². The standard InChI is InChI=1S/C20H20P.Ag.BrH/c1-2-21(18-12-6-3-7-13-18,19-14-8-4-9-15-19)20-16-10-5-11-17-20;;/h3-17H,2H2,1H3;;1H/q+1;;/p-1. The maximum absolute atomic E-state index is 2.32. The molecule has 0 fully saturated rings. The largest absolute Gasteiger partial charge is 1.00 e. The van der Waals surface area contributed by atoms with Crippen LogP contribution in [0.5, 0.6) is 0 Å². The van der Waals surface area contributed by atoms with Crippen LogP contribution in [-0.4, -0.2) is 6.16 Å². The number of benzene rings is 3. The van der Waals surface area contributed by atoms with Gasteiger partial charge in [0.2, 0.25) is 0 Å². The third kappa shape index (κ3) is 4.05. The molecule has 0 amide bonds. The fourth-order valence-electron chi connectivity index (χ4n) is 3.04. The van der Waals surface area contributed by atoms with Crippen LogP contribution < -0.4 is 32.9 Å². The van der Waals surface area contributed by atoms with E-state index in [4.69, 9.17) is 0 Å². The van der Waals surface area contributed by atoms with Gasteiger partial charge in [0.05, 0.1) is 6.16 Å². The number of rotatable bonds is 4. The SMILES string of the molecule is CC[P+](c1ccccc1)(c1ccccc1)c1ccccc1.[Ag].[Br-]. The molecule has 0 aliphatic carbocycles. The molecule has 0 bridgehead atoms. The number of halogens is 1. The summed E-state index contributed by atoms with van der Waals surface area (Å²) in [4.78, 5) is 0. The van der Waals surface area contributed by atoms with Crippen LogP contribution >= 0.6 is 7.26 Å². The van der Waals surface area contributed by atoms with Crippen molar-refractivity contribution >= 4 is 23.2 Å². The fourth-order valence-corrected chi connectivity index (χ4v) is 7.08. The van der Waals surface area contributed by atoms with E-state index in [0.29, 0.717) is 0 Å². The van der Waals surface area contributed by atoms with E-state index in [1.807, 2.05) is 0 Å². The molecule has 0 atom stereocenters. The molecule has 0 heterocycles. The average Bonchev–Trinajstić information content (AvgIpc) is 2.59. The molecule has 0 aliphatic rings. The van der Waals surface area contributed by atoms with Gasteiger partial charge in [-0.15, -0.1) is 0 Å². The molecule has 0 aromatic heterocycles. The van der Waals surface area contributed by atoms with Crippen molar-refractivity contribution in [3.63, 3.8) is 0 Å². The Balaban J connectivity index is 0.00000132. The minimum absolute atomic E-state index is 0. The van der Waals surface area contributed by atoms with Gasteiger partial charge in [-0.2, -0.15) is 0 Å². The van der Waals surface area contributed by atoms with Crippen LogP contribution in [0.4, 0.5) is 0 Å². The van der Waals surface area contributed by atoms with E-state index < -0.39 is 7.26 Å². The molecule has 0 N–H and O–H groups in total. The molecule has 0 saturated carbocycles. The van der Waals surface area contributed by atoms with E-state index in [2.05, 4.69) is 97.9 Å². The van der Waals surface area contributed by atoms with Gasteiger partial charge in [0.25, 0.3) is 0 Å². The Morgan fingerprint density at radius 3 is 1.04 bits per heavy atom. The summed E-state index contributed by atoms with van der Waals surface area (Å²) in [6.45, 7) is 2.32. The van der Waals surface area contributed by atoms with Crippen molar-refractivity contribution in [2.24, 2.45) is 0 Å². The summed E-state index contributed by atoms with van der Waals surface area (Å²) in [5.41, 5.74) is 0. The van der Waals surface area contributed by atoms with Crippen molar-refractivity contribution in [2.75, 3.05) is 6.16 Å². The van der Waals surface area contributed by atoms with Crippen LogP contribution in [0.1, 0.15) is 6.92 Å². The first-order valence-electron chi connectivity index (χ1n) is 7.43. The second kappa shape index (κ2) is 9.57. The summed E-state index contributed by atoms with van der Waals surface area (Å²) >= 11 is 0. The zero-order chi connectivity index (χ0) is 14.5. The van der Waals surface area contributed by atoms with Gasteiger partial charge < -0.3 is 17.0 Å². The van der Waals surface area contributed by atoms with Crippen LogP contribution in [0.15, 0.2) is 91.0 Å². The smallest absolute Gasteiger partial charge is 0.111 e. The van der Waals surface area contributed by atoms with Gasteiger partial charge in [-0.25, -0.2) is 0 Å². The first kappa shape index (κ1) is 20.4. The van der Waals surface area contributed by atoms with E-state index in [1.165, 1.54) is 15.9 Å².